The molecule has 102 valence electrons. The first kappa shape index (κ1) is 12.3. The van der Waals surface area contributed by atoms with Crippen LogP contribution in [-0.2, 0) is 0 Å². The van der Waals surface area contributed by atoms with Gasteiger partial charge in [0.15, 0.2) is 0 Å². The molecule has 0 radical (unpaired) electrons. The predicted octanol–water partition coefficient (Wildman–Crippen LogP) is 3.34. The van der Waals surface area contributed by atoms with Crippen molar-refractivity contribution in [2.75, 3.05) is 0 Å². The van der Waals surface area contributed by atoms with E-state index in [2.05, 4.69) is 4.98 Å². The van der Waals surface area contributed by atoms with E-state index in [9.17, 15) is 9.59 Å². The standard InChI is InChI=1S/C16H9ClN2O2/c1-8-3-2-4-10-12(8)13-14(16(21)15(10)20)19-7-9(17)5-6-11(19)18-13/h2-7H,1H3. The van der Waals surface area contributed by atoms with Gasteiger partial charge in [-0.2, -0.15) is 0 Å². The first-order chi connectivity index (χ1) is 10.1. The minimum absolute atomic E-state index is 0.291. The number of halogens is 1. The molecular weight excluding hydrogens is 288 g/mol. The Morgan fingerprint density at radius 2 is 1.90 bits per heavy atom. The lowest BCUT2D eigenvalue weighted by Gasteiger charge is -2.15. The Morgan fingerprint density at radius 1 is 1.10 bits per heavy atom. The molecule has 1 aliphatic carbocycles. The van der Waals surface area contributed by atoms with E-state index >= 15 is 0 Å². The second kappa shape index (κ2) is 4.02. The van der Waals surface area contributed by atoms with Crippen LogP contribution in [0.15, 0.2) is 36.5 Å². The molecule has 0 aliphatic heterocycles. The van der Waals surface area contributed by atoms with Crippen LogP contribution in [0.4, 0.5) is 0 Å². The third-order valence-corrected chi connectivity index (χ3v) is 3.98. The number of carbonyl (C=O) groups is 2. The fourth-order valence-electron chi connectivity index (χ4n) is 2.81. The van der Waals surface area contributed by atoms with Gasteiger partial charge in [-0.25, -0.2) is 4.98 Å². The van der Waals surface area contributed by atoms with E-state index in [1.807, 2.05) is 13.0 Å². The third-order valence-electron chi connectivity index (χ3n) is 3.76. The molecule has 0 saturated carbocycles. The molecule has 1 aromatic carbocycles. The number of pyridine rings is 1. The maximum Gasteiger partial charge on any atom is 0.252 e. The molecule has 4 nitrogen and oxygen atoms in total. The van der Waals surface area contributed by atoms with E-state index in [-0.39, 0.29) is 0 Å². The molecule has 0 unspecified atom stereocenters. The lowest BCUT2D eigenvalue weighted by molar-refractivity contribution is 0.0812. The average molecular weight is 297 g/mol. The summed E-state index contributed by atoms with van der Waals surface area (Å²) in [7, 11) is 0. The summed E-state index contributed by atoms with van der Waals surface area (Å²) in [6, 6.07) is 8.79. The number of aryl methyl sites for hydroxylation is 1. The Bertz CT molecular complexity index is 956. The molecule has 0 bridgehead atoms. The molecule has 0 spiro atoms. The van der Waals surface area contributed by atoms with Gasteiger partial charge in [-0.3, -0.25) is 14.0 Å². The van der Waals surface area contributed by atoms with Crippen LogP contribution >= 0.6 is 11.6 Å². The number of hydrogen-bond acceptors (Lipinski definition) is 3. The molecule has 0 atom stereocenters. The van der Waals surface area contributed by atoms with E-state index in [0.29, 0.717) is 27.6 Å². The van der Waals surface area contributed by atoms with Crippen molar-refractivity contribution >= 4 is 28.8 Å². The maximum atomic E-state index is 12.4. The van der Waals surface area contributed by atoms with Gasteiger partial charge in [-0.05, 0) is 24.6 Å². The number of hydrogen-bond donors (Lipinski definition) is 0. The van der Waals surface area contributed by atoms with Gasteiger partial charge in [-0.1, -0.05) is 29.8 Å². The summed E-state index contributed by atoms with van der Waals surface area (Å²) in [6.07, 6.45) is 1.61. The molecule has 0 fully saturated rings. The van der Waals surface area contributed by atoms with Crippen molar-refractivity contribution < 1.29 is 9.59 Å². The molecule has 2 aromatic heterocycles. The molecule has 0 amide bonds. The van der Waals surface area contributed by atoms with Crippen LogP contribution < -0.4 is 0 Å². The average Bonchev–Trinajstić information content (AvgIpc) is 2.83. The summed E-state index contributed by atoms with van der Waals surface area (Å²) >= 11 is 5.99. The van der Waals surface area contributed by atoms with Gasteiger partial charge in [-0.15, -0.1) is 0 Å². The summed E-state index contributed by atoms with van der Waals surface area (Å²) in [5.41, 5.74) is 3.51. The number of benzene rings is 1. The molecule has 3 aromatic rings. The highest BCUT2D eigenvalue weighted by molar-refractivity contribution is 6.52. The Morgan fingerprint density at radius 3 is 2.71 bits per heavy atom. The number of fused-ring (bicyclic) bond motifs is 5. The Labute approximate surface area is 125 Å². The van der Waals surface area contributed by atoms with E-state index in [4.69, 9.17) is 11.6 Å². The monoisotopic (exact) mass is 296 g/mol. The van der Waals surface area contributed by atoms with Gasteiger partial charge in [0.05, 0.1) is 5.02 Å². The van der Waals surface area contributed by atoms with Gasteiger partial charge in [0.2, 0.25) is 5.78 Å². The van der Waals surface area contributed by atoms with Crippen molar-refractivity contribution in [3.05, 3.63) is 58.4 Å². The zero-order chi connectivity index (χ0) is 14.7. The molecule has 4 rings (SSSR count). The van der Waals surface area contributed by atoms with Crippen LogP contribution in [-0.4, -0.2) is 21.0 Å². The molecule has 5 heteroatoms. The number of ketones is 2. The molecule has 0 saturated heterocycles. The lowest BCUT2D eigenvalue weighted by atomic mass is 9.87. The predicted molar refractivity (Wildman–Crippen MR) is 79.0 cm³/mol. The highest BCUT2D eigenvalue weighted by atomic mass is 35.5. The number of rotatable bonds is 0. The van der Waals surface area contributed by atoms with Gasteiger partial charge < -0.3 is 0 Å². The van der Waals surface area contributed by atoms with Crippen LogP contribution in [0, 0.1) is 6.92 Å². The highest BCUT2D eigenvalue weighted by Crippen LogP contribution is 2.36. The highest BCUT2D eigenvalue weighted by Gasteiger charge is 2.35. The molecule has 2 heterocycles. The van der Waals surface area contributed by atoms with Crippen LogP contribution in [0.3, 0.4) is 0 Å². The Hall–Kier alpha value is -2.46. The van der Waals surface area contributed by atoms with E-state index in [1.54, 1.807) is 34.9 Å². The van der Waals surface area contributed by atoms with Crippen LogP contribution in [0.1, 0.15) is 26.4 Å². The van der Waals surface area contributed by atoms with Gasteiger partial charge >= 0.3 is 0 Å². The maximum absolute atomic E-state index is 12.4. The van der Waals surface area contributed by atoms with Gasteiger partial charge in [0.25, 0.3) is 5.78 Å². The zero-order valence-electron chi connectivity index (χ0n) is 11.1. The van der Waals surface area contributed by atoms with Crippen molar-refractivity contribution in [1.29, 1.82) is 0 Å². The van der Waals surface area contributed by atoms with Crippen molar-refractivity contribution in [2.45, 2.75) is 6.92 Å². The summed E-state index contributed by atoms with van der Waals surface area (Å²) in [5.74, 6) is -1.04. The van der Waals surface area contributed by atoms with Crippen LogP contribution in [0.25, 0.3) is 16.9 Å². The van der Waals surface area contributed by atoms with Gasteiger partial charge in [0.1, 0.15) is 17.0 Å². The van der Waals surface area contributed by atoms with Crippen molar-refractivity contribution in [2.24, 2.45) is 0 Å². The number of aromatic nitrogens is 2. The first-order valence-corrected chi connectivity index (χ1v) is 6.82. The van der Waals surface area contributed by atoms with E-state index in [1.165, 1.54) is 0 Å². The topological polar surface area (TPSA) is 51.4 Å². The Kier molecular flexibility index (Phi) is 2.35. The number of carbonyl (C=O) groups excluding carboxylic acids is 2. The summed E-state index contributed by atoms with van der Waals surface area (Å²) in [4.78, 5) is 29.3. The number of Topliss-reactive ketones (excluding diaryl/α,β-unsaturated/α-hetero) is 2. The molecular formula is C16H9ClN2O2. The normalized spacial score (nSPS) is 13.4. The second-order valence-electron chi connectivity index (χ2n) is 5.04. The number of imidazole rings is 1. The smallest absolute Gasteiger partial charge is 0.252 e. The van der Waals surface area contributed by atoms with Crippen LogP contribution in [0.5, 0.6) is 0 Å². The largest absolute Gasteiger partial charge is 0.295 e. The molecule has 1 aliphatic rings. The molecule has 21 heavy (non-hydrogen) atoms. The quantitative estimate of drug-likeness (QED) is 0.598. The minimum atomic E-state index is -0.544. The lowest BCUT2D eigenvalue weighted by Crippen LogP contribution is -2.23. The fraction of sp³-hybridized carbons (Fsp3) is 0.0625. The first-order valence-electron chi connectivity index (χ1n) is 6.44. The Balaban J connectivity index is 2.20. The summed E-state index contributed by atoms with van der Waals surface area (Å²) in [6.45, 7) is 1.91. The third kappa shape index (κ3) is 1.53. The van der Waals surface area contributed by atoms with E-state index in [0.717, 1.165) is 11.1 Å². The van der Waals surface area contributed by atoms with Crippen molar-refractivity contribution in [3.63, 3.8) is 0 Å². The molecule has 0 N–H and O–H groups in total. The summed E-state index contributed by atoms with van der Waals surface area (Å²) < 4.78 is 1.59. The fourth-order valence-corrected chi connectivity index (χ4v) is 2.97. The van der Waals surface area contributed by atoms with Gasteiger partial charge in [0, 0.05) is 17.3 Å². The second-order valence-corrected chi connectivity index (χ2v) is 5.48. The van der Waals surface area contributed by atoms with Crippen molar-refractivity contribution in [1.82, 2.24) is 9.38 Å². The number of nitrogens with zero attached hydrogens (tertiary/aromatic N) is 2. The van der Waals surface area contributed by atoms with E-state index < -0.39 is 11.6 Å². The minimum Gasteiger partial charge on any atom is -0.295 e. The SMILES string of the molecule is Cc1cccc2c1-c1nc3ccc(Cl)cn3c1C(=O)C2=O. The van der Waals surface area contributed by atoms with Crippen LogP contribution in [0.2, 0.25) is 5.02 Å². The zero-order valence-corrected chi connectivity index (χ0v) is 11.8. The van der Waals surface area contributed by atoms with Crippen molar-refractivity contribution in [3.8, 4) is 11.3 Å². The summed E-state index contributed by atoms with van der Waals surface area (Å²) in [5, 5.41) is 0.485.